The lowest BCUT2D eigenvalue weighted by Gasteiger charge is -2.17. The molecule has 0 spiro atoms. The van der Waals surface area contributed by atoms with Crippen LogP contribution in [0, 0.1) is 0 Å². The Kier molecular flexibility index (Phi) is 7.12. The number of ether oxygens (including phenoxy) is 3. The number of amides is 1. The van der Waals surface area contributed by atoms with E-state index in [-0.39, 0.29) is 24.5 Å². The Hall–Kier alpha value is -2.50. The van der Waals surface area contributed by atoms with Crippen molar-refractivity contribution in [2.75, 3.05) is 20.8 Å². The van der Waals surface area contributed by atoms with E-state index in [2.05, 4.69) is 11.9 Å². The molecule has 1 aromatic rings. The zero-order valence-corrected chi connectivity index (χ0v) is 14.0. The fourth-order valence-corrected chi connectivity index (χ4v) is 1.94. The van der Waals surface area contributed by atoms with Crippen molar-refractivity contribution in [2.45, 2.75) is 26.3 Å². The van der Waals surface area contributed by atoms with Crippen LogP contribution in [-0.4, -0.2) is 32.7 Å². The van der Waals surface area contributed by atoms with Crippen LogP contribution in [0.1, 0.15) is 31.9 Å². The minimum absolute atomic E-state index is 0.145. The highest BCUT2D eigenvalue weighted by Gasteiger charge is 2.14. The van der Waals surface area contributed by atoms with E-state index >= 15 is 0 Å². The summed E-state index contributed by atoms with van der Waals surface area (Å²) in [6.07, 6.45) is 0.296. The van der Waals surface area contributed by atoms with Crippen LogP contribution in [-0.2, 0) is 14.3 Å². The molecule has 126 valence electrons. The van der Waals surface area contributed by atoms with Crippen molar-refractivity contribution in [1.82, 2.24) is 5.32 Å². The highest BCUT2D eigenvalue weighted by Crippen LogP contribution is 2.29. The molecule has 0 fully saturated rings. The number of carbonyl (C=O) groups is 2. The zero-order chi connectivity index (χ0) is 17.4. The van der Waals surface area contributed by atoms with Gasteiger partial charge in [0.1, 0.15) is 0 Å². The highest BCUT2D eigenvalue weighted by molar-refractivity contribution is 5.93. The Bertz CT molecular complexity index is 582. The average Bonchev–Trinajstić information content (AvgIpc) is 2.53. The summed E-state index contributed by atoms with van der Waals surface area (Å²) in [5.41, 5.74) is 1.24. The van der Waals surface area contributed by atoms with Crippen molar-refractivity contribution in [2.24, 2.45) is 0 Å². The van der Waals surface area contributed by atoms with Crippen molar-refractivity contribution in [3.05, 3.63) is 35.9 Å². The SMILES string of the molecule is C=C(CCOC(C)=O)C(=O)NC(C)c1ccc(OC)c(OC)c1. The summed E-state index contributed by atoms with van der Waals surface area (Å²) in [4.78, 5) is 22.8. The van der Waals surface area contributed by atoms with Gasteiger partial charge in [-0.1, -0.05) is 12.6 Å². The lowest BCUT2D eigenvalue weighted by atomic mass is 10.1. The Labute approximate surface area is 136 Å². The third-order valence-electron chi connectivity index (χ3n) is 3.29. The molecule has 1 aromatic carbocycles. The highest BCUT2D eigenvalue weighted by atomic mass is 16.5. The Morgan fingerprint density at radius 2 is 1.87 bits per heavy atom. The van der Waals surface area contributed by atoms with Crippen LogP contribution < -0.4 is 14.8 Å². The van der Waals surface area contributed by atoms with Gasteiger partial charge in [-0.3, -0.25) is 9.59 Å². The molecule has 1 atom stereocenters. The van der Waals surface area contributed by atoms with Crippen molar-refractivity contribution >= 4 is 11.9 Å². The molecule has 0 saturated carbocycles. The fraction of sp³-hybridized carbons (Fsp3) is 0.412. The van der Waals surface area contributed by atoms with Gasteiger partial charge < -0.3 is 19.5 Å². The van der Waals surface area contributed by atoms with Crippen LogP contribution >= 0.6 is 0 Å². The van der Waals surface area contributed by atoms with Gasteiger partial charge in [0.25, 0.3) is 0 Å². The topological polar surface area (TPSA) is 73.9 Å². The van der Waals surface area contributed by atoms with Gasteiger partial charge in [0.05, 0.1) is 26.9 Å². The van der Waals surface area contributed by atoms with Crippen molar-refractivity contribution in [3.8, 4) is 11.5 Å². The Balaban J connectivity index is 2.64. The molecule has 0 aliphatic rings. The van der Waals surface area contributed by atoms with Gasteiger partial charge in [-0.25, -0.2) is 0 Å². The lowest BCUT2D eigenvalue weighted by Crippen LogP contribution is -2.28. The molecule has 23 heavy (non-hydrogen) atoms. The van der Waals surface area contributed by atoms with Crippen molar-refractivity contribution in [1.29, 1.82) is 0 Å². The molecule has 6 nitrogen and oxygen atoms in total. The molecule has 6 heteroatoms. The molecule has 1 amide bonds. The summed E-state index contributed by atoms with van der Waals surface area (Å²) < 4.78 is 15.2. The summed E-state index contributed by atoms with van der Waals surface area (Å²) in [5, 5.41) is 2.85. The molecule has 0 aliphatic heterocycles. The molecule has 0 aliphatic carbocycles. The molecule has 1 unspecified atom stereocenters. The maximum atomic E-state index is 12.1. The maximum Gasteiger partial charge on any atom is 0.302 e. The van der Waals surface area contributed by atoms with Gasteiger partial charge in [0.15, 0.2) is 11.5 Å². The first-order valence-corrected chi connectivity index (χ1v) is 7.23. The third kappa shape index (κ3) is 5.65. The number of carbonyl (C=O) groups excluding carboxylic acids is 2. The summed E-state index contributed by atoms with van der Waals surface area (Å²) >= 11 is 0. The van der Waals surface area contributed by atoms with E-state index in [0.29, 0.717) is 23.5 Å². The average molecular weight is 321 g/mol. The molecule has 0 saturated heterocycles. The predicted molar refractivity (Wildman–Crippen MR) is 86.5 cm³/mol. The van der Waals surface area contributed by atoms with Crippen molar-refractivity contribution < 1.29 is 23.8 Å². The van der Waals surface area contributed by atoms with Gasteiger partial charge in [0, 0.05) is 18.9 Å². The third-order valence-corrected chi connectivity index (χ3v) is 3.29. The molecule has 0 radical (unpaired) electrons. The Morgan fingerprint density at radius 3 is 2.43 bits per heavy atom. The first kappa shape index (κ1) is 18.5. The number of nitrogens with one attached hydrogen (secondary N) is 1. The minimum atomic E-state index is -0.378. The second kappa shape index (κ2) is 8.82. The van der Waals surface area contributed by atoms with E-state index < -0.39 is 0 Å². The fourth-order valence-electron chi connectivity index (χ4n) is 1.94. The standard InChI is InChI=1S/C17H23NO5/c1-11(8-9-23-13(3)19)17(20)18-12(2)14-6-7-15(21-4)16(10-14)22-5/h6-7,10,12H,1,8-9H2,2-5H3,(H,18,20). The van der Waals surface area contributed by atoms with E-state index in [9.17, 15) is 9.59 Å². The minimum Gasteiger partial charge on any atom is -0.493 e. The maximum absolute atomic E-state index is 12.1. The van der Waals surface area contributed by atoms with Crippen LogP contribution in [0.25, 0.3) is 0 Å². The van der Waals surface area contributed by atoms with Gasteiger partial charge in [0.2, 0.25) is 5.91 Å². The van der Waals surface area contributed by atoms with Crippen LogP contribution in [0.15, 0.2) is 30.4 Å². The van der Waals surface area contributed by atoms with Crippen LogP contribution in [0.5, 0.6) is 11.5 Å². The number of esters is 1. The normalized spacial score (nSPS) is 11.3. The van der Waals surface area contributed by atoms with E-state index in [1.54, 1.807) is 20.3 Å². The number of hydrogen-bond acceptors (Lipinski definition) is 5. The monoisotopic (exact) mass is 321 g/mol. The zero-order valence-electron chi connectivity index (χ0n) is 14.0. The van der Waals surface area contributed by atoms with E-state index in [4.69, 9.17) is 14.2 Å². The van der Waals surface area contributed by atoms with Crippen LogP contribution in [0.2, 0.25) is 0 Å². The first-order chi connectivity index (χ1) is 10.9. The molecule has 1 N–H and O–H groups in total. The lowest BCUT2D eigenvalue weighted by molar-refractivity contribution is -0.141. The molecular formula is C17H23NO5. The van der Waals surface area contributed by atoms with Gasteiger partial charge >= 0.3 is 5.97 Å². The van der Waals surface area contributed by atoms with E-state index in [1.165, 1.54) is 6.92 Å². The number of benzene rings is 1. The van der Waals surface area contributed by atoms with Gasteiger partial charge in [-0.05, 0) is 24.6 Å². The molecule has 0 bridgehead atoms. The Morgan fingerprint density at radius 1 is 1.22 bits per heavy atom. The van der Waals surface area contributed by atoms with Crippen LogP contribution in [0.3, 0.4) is 0 Å². The summed E-state index contributed by atoms with van der Waals surface area (Å²) in [6.45, 7) is 7.04. The van der Waals surface area contributed by atoms with Crippen LogP contribution in [0.4, 0.5) is 0 Å². The smallest absolute Gasteiger partial charge is 0.302 e. The predicted octanol–water partition coefficient (Wildman–Crippen LogP) is 2.39. The van der Waals surface area contributed by atoms with Crippen molar-refractivity contribution in [3.63, 3.8) is 0 Å². The molecule has 1 rings (SSSR count). The van der Waals surface area contributed by atoms with Gasteiger partial charge in [-0.15, -0.1) is 0 Å². The largest absolute Gasteiger partial charge is 0.493 e. The summed E-state index contributed by atoms with van der Waals surface area (Å²) in [5.74, 6) is 0.566. The second-order valence-corrected chi connectivity index (χ2v) is 5.00. The summed E-state index contributed by atoms with van der Waals surface area (Å²) in [7, 11) is 3.12. The number of rotatable bonds is 8. The molecule has 0 heterocycles. The number of hydrogen-bond donors (Lipinski definition) is 1. The number of methoxy groups -OCH3 is 2. The summed E-state index contributed by atoms with van der Waals surface area (Å²) in [6, 6.07) is 5.22. The second-order valence-electron chi connectivity index (χ2n) is 5.00. The van der Waals surface area contributed by atoms with E-state index in [1.807, 2.05) is 19.1 Å². The van der Waals surface area contributed by atoms with E-state index in [0.717, 1.165) is 5.56 Å². The first-order valence-electron chi connectivity index (χ1n) is 7.23. The molecular weight excluding hydrogens is 298 g/mol. The van der Waals surface area contributed by atoms with Gasteiger partial charge in [-0.2, -0.15) is 0 Å². The molecule has 0 aromatic heterocycles. The quantitative estimate of drug-likeness (QED) is 0.588.